The van der Waals surface area contributed by atoms with Crippen molar-refractivity contribution in [1.29, 1.82) is 0 Å². The Bertz CT molecular complexity index is 652. The third-order valence-electron chi connectivity index (χ3n) is 3.11. The number of phenolic OH excluding ortho intramolecular Hbond substituents is 1. The van der Waals surface area contributed by atoms with Gasteiger partial charge in [0, 0.05) is 18.0 Å². The Kier molecular flexibility index (Phi) is 4.10. The van der Waals surface area contributed by atoms with E-state index in [0.717, 1.165) is 16.7 Å². The molecule has 1 heterocycles. The van der Waals surface area contributed by atoms with Crippen LogP contribution in [-0.4, -0.2) is 22.2 Å². The number of aromatic hydroxyl groups is 1. The van der Waals surface area contributed by atoms with Gasteiger partial charge in [-0.3, -0.25) is 9.78 Å². The Morgan fingerprint density at radius 1 is 1.20 bits per heavy atom. The molecule has 5 heteroatoms. The third-order valence-corrected chi connectivity index (χ3v) is 3.11. The molecule has 0 aliphatic heterocycles. The zero-order valence-corrected chi connectivity index (χ0v) is 11.3. The van der Waals surface area contributed by atoms with Gasteiger partial charge in [0.15, 0.2) is 0 Å². The molecule has 1 aromatic heterocycles. The number of carbonyl (C=O) groups excluding carboxylic acids is 1. The van der Waals surface area contributed by atoms with E-state index in [-0.39, 0.29) is 11.7 Å². The van der Waals surface area contributed by atoms with Crippen molar-refractivity contribution in [3.05, 3.63) is 58.9 Å². The monoisotopic (exact) mass is 269 g/mol. The van der Waals surface area contributed by atoms with Crippen LogP contribution in [0.2, 0.25) is 0 Å². The van der Waals surface area contributed by atoms with Crippen LogP contribution in [0.3, 0.4) is 0 Å². The van der Waals surface area contributed by atoms with Gasteiger partial charge in [-0.2, -0.15) is 5.10 Å². The van der Waals surface area contributed by atoms with Crippen LogP contribution in [0.1, 0.15) is 27.0 Å². The minimum atomic E-state index is -0.295. The van der Waals surface area contributed by atoms with Crippen LogP contribution in [0, 0.1) is 13.8 Å². The van der Waals surface area contributed by atoms with Crippen LogP contribution in [0.25, 0.3) is 0 Å². The molecule has 0 saturated heterocycles. The van der Waals surface area contributed by atoms with Gasteiger partial charge >= 0.3 is 0 Å². The van der Waals surface area contributed by atoms with E-state index in [1.54, 1.807) is 42.9 Å². The van der Waals surface area contributed by atoms with Gasteiger partial charge in [0.1, 0.15) is 5.75 Å². The average molecular weight is 269 g/mol. The van der Waals surface area contributed by atoms with Crippen LogP contribution in [0.15, 0.2) is 41.8 Å². The number of amides is 1. The Morgan fingerprint density at radius 2 is 1.90 bits per heavy atom. The summed E-state index contributed by atoms with van der Waals surface area (Å²) in [7, 11) is 0. The maximum absolute atomic E-state index is 11.7. The highest BCUT2D eigenvalue weighted by Gasteiger charge is 2.04. The lowest BCUT2D eigenvalue weighted by Crippen LogP contribution is -2.17. The fourth-order valence-electron chi connectivity index (χ4n) is 1.70. The highest BCUT2D eigenvalue weighted by molar-refractivity contribution is 5.94. The second-order valence-corrected chi connectivity index (χ2v) is 4.36. The molecular formula is C15H15N3O2. The summed E-state index contributed by atoms with van der Waals surface area (Å²) in [4.78, 5) is 15.6. The standard InChI is InChI=1S/C15H15N3O2/c1-10-11(2)14(19)4-3-13(10)9-17-18-15(20)12-5-7-16-8-6-12/h3-9,19H,1-2H3,(H,18,20)/b17-9-. The summed E-state index contributed by atoms with van der Waals surface area (Å²) in [6.45, 7) is 3.72. The molecule has 1 amide bonds. The Labute approximate surface area is 117 Å². The van der Waals surface area contributed by atoms with Crippen molar-refractivity contribution in [2.75, 3.05) is 0 Å². The van der Waals surface area contributed by atoms with E-state index in [4.69, 9.17) is 0 Å². The number of nitrogens with one attached hydrogen (secondary N) is 1. The Balaban J connectivity index is 2.08. The normalized spacial score (nSPS) is 10.7. The molecule has 20 heavy (non-hydrogen) atoms. The van der Waals surface area contributed by atoms with Crippen molar-refractivity contribution >= 4 is 12.1 Å². The van der Waals surface area contributed by atoms with Gasteiger partial charge < -0.3 is 5.11 Å². The van der Waals surface area contributed by atoms with Crippen LogP contribution in [0.4, 0.5) is 0 Å². The maximum atomic E-state index is 11.7. The van der Waals surface area contributed by atoms with E-state index < -0.39 is 0 Å². The summed E-state index contributed by atoms with van der Waals surface area (Å²) in [5.41, 5.74) is 5.51. The minimum absolute atomic E-state index is 0.250. The predicted octanol–water partition coefficient (Wildman–Crippen LogP) is 2.17. The molecule has 2 aromatic rings. The number of aromatic nitrogens is 1. The predicted molar refractivity (Wildman–Crippen MR) is 76.9 cm³/mol. The molecule has 0 fully saturated rings. The summed E-state index contributed by atoms with van der Waals surface area (Å²) in [6, 6.07) is 6.58. The number of hydrogen-bond acceptors (Lipinski definition) is 4. The highest BCUT2D eigenvalue weighted by Crippen LogP contribution is 2.21. The molecule has 0 bridgehead atoms. The first kappa shape index (κ1) is 13.7. The molecule has 2 N–H and O–H groups in total. The number of hydrazone groups is 1. The van der Waals surface area contributed by atoms with Gasteiger partial charge in [0.05, 0.1) is 6.21 Å². The van der Waals surface area contributed by atoms with E-state index in [9.17, 15) is 9.90 Å². The van der Waals surface area contributed by atoms with Crippen molar-refractivity contribution in [3.63, 3.8) is 0 Å². The topological polar surface area (TPSA) is 74.6 Å². The van der Waals surface area contributed by atoms with E-state index in [1.807, 2.05) is 13.8 Å². The first-order chi connectivity index (χ1) is 9.59. The molecule has 0 radical (unpaired) electrons. The lowest BCUT2D eigenvalue weighted by atomic mass is 10.0. The molecule has 2 rings (SSSR count). The van der Waals surface area contributed by atoms with Gasteiger partial charge in [-0.05, 0) is 54.8 Å². The number of carbonyl (C=O) groups is 1. The molecule has 0 unspecified atom stereocenters. The summed E-state index contributed by atoms with van der Waals surface area (Å²) in [6.07, 6.45) is 4.65. The molecule has 102 valence electrons. The quantitative estimate of drug-likeness (QED) is 0.662. The van der Waals surface area contributed by atoms with Gasteiger partial charge in [-0.1, -0.05) is 0 Å². The lowest BCUT2D eigenvalue weighted by molar-refractivity contribution is 0.0955. The van der Waals surface area contributed by atoms with Crippen LogP contribution in [0.5, 0.6) is 5.75 Å². The van der Waals surface area contributed by atoms with E-state index in [1.165, 1.54) is 0 Å². The summed E-state index contributed by atoms with van der Waals surface area (Å²) in [5, 5.41) is 13.5. The largest absolute Gasteiger partial charge is 0.508 e. The fourth-order valence-corrected chi connectivity index (χ4v) is 1.70. The zero-order chi connectivity index (χ0) is 14.5. The molecule has 1 aromatic carbocycles. The van der Waals surface area contributed by atoms with Gasteiger partial charge in [0.2, 0.25) is 0 Å². The summed E-state index contributed by atoms with van der Waals surface area (Å²) >= 11 is 0. The third kappa shape index (κ3) is 3.00. The minimum Gasteiger partial charge on any atom is -0.508 e. The zero-order valence-electron chi connectivity index (χ0n) is 11.3. The van der Waals surface area contributed by atoms with Crippen LogP contribution >= 0.6 is 0 Å². The van der Waals surface area contributed by atoms with Gasteiger partial charge in [-0.25, -0.2) is 5.43 Å². The first-order valence-electron chi connectivity index (χ1n) is 6.12. The molecule has 0 atom stereocenters. The van der Waals surface area contributed by atoms with Crippen molar-refractivity contribution in [1.82, 2.24) is 10.4 Å². The van der Waals surface area contributed by atoms with Crippen LogP contribution in [-0.2, 0) is 0 Å². The number of pyridine rings is 1. The number of nitrogens with zero attached hydrogens (tertiary/aromatic N) is 2. The second kappa shape index (κ2) is 5.97. The van der Waals surface area contributed by atoms with Gasteiger partial charge in [-0.15, -0.1) is 0 Å². The second-order valence-electron chi connectivity index (χ2n) is 4.36. The number of benzene rings is 1. The van der Waals surface area contributed by atoms with Crippen LogP contribution < -0.4 is 5.43 Å². The number of rotatable bonds is 3. The summed E-state index contributed by atoms with van der Waals surface area (Å²) in [5.74, 6) is -0.0442. The Hall–Kier alpha value is -2.69. The van der Waals surface area contributed by atoms with Crippen molar-refractivity contribution < 1.29 is 9.90 Å². The van der Waals surface area contributed by atoms with Crippen molar-refractivity contribution in [2.24, 2.45) is 5.10 Å². The van der Waals surface area contributed by atoms with E-state index >= 15 is 0 Å². The summed E-state index contributed by atoms with van der Waals surface area (Å²) < 4.78 is 0. The lowest BCUT2D eigenvalue weighted by Gasteiger charge is -2.06. The van der Waals surface area contributed by atoms with Crippen molar-refractivity contribution in [3.8, 4) is 5.75 Å². The van der Waals surface area contributed by atoms with E-state index in [0.29, 0.717) is 5.56 Å². The average Bonchev–Trinajstić information content (AvgIpc) is 2.48. The Morgan fingerprint density at radius 3 is 2.60 bits per heavy atom. The van der Waals surface area contributed by atoms with Gasteiger partial charge in [0.25, 0.3) is 5.91 Å². The SMILES string of the molecule is Cc1c(O)ccc(/C=N\NC(=O)c2ccncc2)c1C. The van der Waals surface area contributed by atoms with Crippen molar-refractivity contribution in [2.45, 2.75) is 13.8 Å². The molecule has 5 nitrogen and oxygen atoms in total. The molecule has 0 aliphatic carbocycles. The molecular weight excluding hydrogens is 254 g/mol. The highest BCUT2D eigenvalue weighted by atomic mass is 16.3. The number of phenols is 1. The maximum Gasteiger partial charge on any atom is 0.271 e. The molecule has 0 saturated carbocycles. The fraction of sp³-hybridized carbons (Fsp3) is 0.133. The number of hydrogen-bond donors (Lipinski definition) is 2. The first-order valence-corrected chi connectivity index (χ1v) is 6.12. The smallest absolute Gasteiger partial charge is 0.271 e. The molecule has 0 aliphatic rings. The molecule has 0 spiro atoms. The van der Waals surface area contributed by atoms with E-state index in [2.05, 4.69) is 15.5 Å².